The number of carbonyl (C=O) groups is 1. The first-order chi connectivity index (χ1) is 10.0. The van der Waals surface area contributed by atoms with Crippen molar-refractivity contribution < 1.29 is 9.90 Å². The summed E-state index contributed by atoms with van der Waals surface area (Å²) in [5, 5.41) is 12.4. The van der Waals surface area contributed by atoms with Crippen LogP contribution in [0.2, 0.25) is 0 Å². The summed E-state index contributed by atoms with van der Waals surface area (Å²) in [4.78, 5) is 16.1. The van der Waals surface area contributed by atoms with Gasteiger partial charge in [-0.15, -0.1) is 0 Å². The van der Waals surface area contributed by atoms with Gasteiger partial charge in [0, 0.05) is 26.7 Å². The lowest BCUT2D eigenvalue weighted by Gasteiger charge is -2.34. The Kier molecular flexibility index (Phi) is 8.69. The topological polar surface area (TPSA) is 55.8 Å². The SMILES string of the molecule is CCCCCNC(=O)N(C)CC1CCN(CC(C)O)CC1. The molecule has 1 aliphatic heterocycles. The largest absolute Gasteiger partial charge is 0.392 e. The van der Waals surface area contributed by atoms with Gasteiger partial charge in [0.05, 0.1) is 6.10 Å². The summed E-state index contributed by atoms with van der Waals surface area (Å²) in [6.07, 6.45) is 5.38. The molecule has 1 rings (SSSR count). The fraction of sp³-hybridized carbons (Fsp3) is 0.938. The molecule has 5 heteroatoms. The van der Waals surface area contributed by atoms with Crippen LogP contribution in [0.3, 0.4) is 0 Å². The summed E-state index contributed by atoms with van der Waals surface area (Å²) in [6.45, 7) is 8.44. The molecule has 21 heavy (non-hydrogen) atoms. The third kappa shape index (κ3) is 7.67. The highest BCUT2D eigenvalue weighted by atomic mass is 16.3. The lowest BCUT2D eigenvalue weighted by Crippen LogP contribution is -2.44. The average Bonchev–Trinajstić information content (AvgIpc) is 2.45. The molecular formula is C16H33N3O2. The minimum absolute atomic E-state index is 0.0533. The first-order valence-electron chi connectivity index (χ1n) is 8.42. The van der Waals surface area contributed by atoms with Crippen LogP contribution in [-0.2, 0) is 0 Å². The van der Waals surface area contributed by atoms with Crippen LogP contribution < -0.4 is 5.32 Å². The molecule has 0 aromatic rings. The van der Waals surface area contributed by atoms with E-state index < -0.39 is 0 Å². The number of piperidine rings is 1. The molecule has 0 saturated carbocycles. The van der Waals surface area contributed by atoms with Crippen molar-refractivity contribution in [1.82, 2.24) is 15.1 Å². The standard InChI is InChI=1S/C16H33N3O2/c1-4-5-6-9-17-16(21)18(3)13-15-7-10-19(11-8-15)12-14(2)20/h14-15,20H,4-13H2,1-3H3,(H,17,21). The predicted octanol–water partition coefficient (Wildman–Crippen LogP) is 1.91. The van der Waals surface area contributed by atoms with Crippen LogP contribution in [0.25, 0.3) is 0 Å². The first kappa shape index (κ1) is 18.2. The van der Waals surface area contributed by atoms with E-state index in [-0.39, 0.29) is 12.1 Å². The summed E-state index contributed by atoms with van der Waals surface area (Å²) in [7, 11) is 1.89. The third-order valence-electron chi connectivity index (χ3n) is 4.16. The minimum atomic E-state index is -0.252. The van der Waals surface area contributed by atoms with E-state index in [1.807, 2.05) is 18.9 Å². The Morgan fingerprint density at radius 2 is 2.05 bits per heavy atom. The van der Waals surface area contributed by atoms with Crippen molar-refractivity contribution >= 4 is 6.03 Å². The number of urea groups is 1. The summed E-state index contributed by atoms with van der Waals surface area (Å²) < 4.78 is 0. The second kappa shape index (κ2) is 10.0. The Morgan fingerprint density at radius 1 is 1.38 bits per heavy atom. The van der Waals surface area contributed by atoms with Crippen molar-refractivity contribution in [2.75, 3.05) is 39.8 Å². The summed E-state index contributed by atoms with van der Waals surface area (Å²) >= 11 is 0. The van der Waals surface area contributed by atoms with E-state index in [1.165, 1.54) is 12.8 Å². The second-order valence-electron chi connectivity index (χ2n) is 6.41. The van der Waals surface area contributed by atoms with Gasteiger partial charge < -0.3 is 20.2 Å². The monoisotopic (exact) mass is 299 g/mol. The average molecular weight is 299 g/mol. The van der Waals surface area contributed by atoms with Gasteiger partial charge in [-0.2, -0.15) is 0 Å². The van der Waals surface area contributed by atoms with Crippen molar-refractivity contribution in [2.45, 2.75) is 52.1 Å². The smallest absolute Gasteiger partial charge is 0.317 e. The van der Waals surface area contributed by atoms with Gasteiger partial charge in [-0.05, 0) is 45.2 Å². The number of unbranched alkanes of at least 4 members (excludes halogenated alkanes) is 2. The van der Waals surface area contributed by atoms with Gasteiger partial charge in [-0.1, -0.05) is 19.8 Å². The van der Waals surface area contributed by atoms with Crippen molar-refractivity contribution in [3.63, 3.8) is 0 Å². The lowest BCUT2D eigenvalue weighted by molar-refractivity contribution is 0.0945. The highest BCUT2D eigenvalue weighted by Gasteiger charge is 2.22. The maximum atomic E-state index is 12.0. The molecular weight excluding hydrogens is 266 g/mol. The molecule has 0 radical (unpaired) electrons. The zero-order chi connectivity index (χ0) is 15.7. The van der Waals surface area contributed by atoms with Crippen LogP contribution in [0, 0.1) is 5.92 Å². The molecule has 0 aromatic carbocycles. The number of nitrogens with one attached hydrogen (secondary N) is 1. The van der Waals surface area contributed by atoms with Crippen molar-refractivity contribution in [1.29, 1.82) is 0 Å². The van der Waals surface area contributed by atoms with Gasteiger partial charge >= 0.3 is 6.03 Å². The van der Waals surface area contributed by atoms with Gasteiger partial charge in [-0.3, -0.25) is 0 Å². The molecule has 2 N–H and O–H groups in total. The molecule has 0 aromatic heterocycles. The summed E-state index contributed by atoms with van der Waals surface area (Å²) in [5.41, 5.74) is 0. The van der Waals surface area contributed by atoms with E-state index in [2.05, 4.69) is 17.1 Å². The molecule has 1 atom stereocenters. The molecule has 124 valence electrons. The van der Waals surface area contributed by atoms with E-state index in [9.17, 15) is 9.90 Å². The summed E-state index contributed by atoms with van der Waals surface area (Å²) in [5.74, 6) is 0.585. The highest BCUT2D eigenvalue weighted by molar-refractivity contribution is 5.73. The van der Waals surface area contributed by atoms with Crippen molar-refractivity contribution in [2.24, 2.45) is 5.92 Å². The highest BCUT2D eigenvalue weighted by Crippen LogP contribution is 2.18. The van der Waals surface area contributed by atoms with Crippen LogP contribution in [0.4, 0.5) is 4.79 Å². The van der Waals surface area contributed by atoms with Gasteiger partial charge in [0.15, 0.2) is 0 Å². The van der Waals surface area contributed by atoms with Crippen LogP contribution in [0.15, 0.2) is 0 Å². The van der Waals surface area contributed by atoms with E-state index in [1.54, 1.807) is 0 Å². The molecule has 5 nitrogen and oxygen atoms in total. The number of nitrogens with zero attached hydrogens (tertiary/aromatic N) is 2. The fourth-order valence-electron chi connectivity index (χ4n) is 2.90. The van der Waals surface area contributed by atoms with E-state index in [0.29, 0.717) is 5.92 Å². The van der Waals surface area contributed by atoms with Gasteiger partial charge in [0.1, 0.15) is 0 Å². The molecule has 1 aliphatic rings. The number of β-amino-alcohol motifs (C(OH)–C–C–N with tert-alkyl or cyclic N) is 1. The molecule has 1 saturated heterocycles. The van der Waals surface area contributed by atoms with Crippen molar-refractivity contribution in [3.05, 3.63) is 0 Å². The molecule has 0 bridgehead atoms. The number of carbonyl (C=O) groups excluding carboxylic acids is 1. The van der Waals surface area contributed by atoms with Crippen LogP contribution in [-0.4, -0.2) is 66.8 Å². The number of hydrogen-bond acceptors (Lipinski definition) is 3. The van der Waals surface area contributed by atoms with E-state index in [4.69, 9.17) is 0 Å². The van der Waals surface area contributed by atoms with Gasteiger partial charge in [0.2, 0.25) is 0 Å². The van der Waals surface area contributed by atoms with Crippen molar-refractivity contribution in [3.8, 4) is 0 Å². The van der Waals surface area contributed by atoms with Crippen LogP contribution in [0.1, 0.15) is 46.0 Å². The molecule has 1 heterocycles. The normalized spacial score (nSPS) is 18.5. The number of aliphatic hydroxyl groups is 1. The molecule has 1 fully saturated rings. The Balaban J connectivity index is 2.17. The van der Waals surface area contributed by atoms with Crippen LogP contribution >= 0.6 is 0 Å². The maximum Gasteiger partial charge on any atom is 0.317 e. The second-order valence-corrected chi connectivity index (χ2v) is 6.41. The molecule has 0 spiro atoms. The quantitative estimate of drug-likeness (QED) is 0.673. The Morgan fingerprint density at radius 3 is 2.62 bits per heavy atom. The van der Waals surface area contributed by atoms with E-state index >= 15 is 0 Å². The van der Waals surface area contributed by atoms with Gasteiger partial charge in [-0.25, -0.2) is 4.79 Å². The zero-order valence-corrected chi connectivity index (χ0v) is 14.0. The third-order valence-corrected chi connectivity index (χ3v) is 4.16. The lowest BCUT2D eigenvalue weighted by atomic mass is 9.96. The van der Waals surface area contributed by atoms with Crippen LogP contribution in [0.5, 0.6) is 0 Å². The van der Waals surface area contributed by atoms with Gasteiger partial charge in [0.25, 0.3) is 0 Å². The first-order valence-corrected chi connectivity index (χ1v) is 8.42. The Hall–Kier alpha value is -0.810. The number of amides is 2. The number of aliphatic hydroxyl groups excluding tert-OH is 1. The number of hydrogen-bond donors (Lipinski definition) is 2. The Bertz CT molecular complexity index is 289. The molecule has 1 unspecified atom stereocenters. The maximum absolute atomic E-state index is 12.0. The molecule has 0 aliphatic carbocycles. The number of rotatable bonds is 8. The Labute approximate surface area is 129 Å². The van der Waals surface area contributed by atoms with E-state index in [0.717, 1.165) is 52.0 Å². The summed E-state index contributed by atoms with van der Waals surface area (Å²) in [6, 6.07) is 0.0533. The predicted molar refractivity (Wildman–Crippen MR) is 86.4 cm³/mol. The zero-order valence-electron chi connectivity index (χ0n) is 14.0. The molecule has 2 amide bonds. The fourth-order valence-corrected chi connectivity index (χ4v) is 2.90. The number of likely N-dealkylation sites (tertiary alicyclic amines) is 1. The minimum Gasteiger partial charge on any atom is -0.392 e.